The normalized spacial score (nSPS) is 27.2. The van der Waals surface area contributed by atoms with Gasteiger partial charge in [0.25, 0.3) is 0 Å². The first-order chi connectivity index (χ1) is 10.3. The molecule has 1 aromatic heterocycles. The Morgan fingerprint density at radius 2 is 2.23 bits per heavy atom. The van der Waals surface area contributed by atoms with Crippen LogP contribution in [0.15, 0.2) is 6.07 Å². The number of amides is 1. The smallest absolute Gasteiger partial charge is 0.328 e. The molecule has 1 amide bonds. The average Bonchev–Trinajstić information content (AvgIpc) is 2.84. The molecule has 0 saturated carbocycles. The quantitative estimate of drug-likeness (QED) is 0.664. The van der Waals surface area contributed by atoms with Crippen molar-refractivity contribution >= 4 is 22.2 Å². The highest BCUT2D eigenvalue weighted by molar-refractivity contribution is 7.15. The summed E-state index contributed by atoms with van der Waals surface area (Å²) in [5, 5.41) is 21.7. The van der Waals surface area contributed by atoms with Crippen LogP contribution in [0, 0.1) is 10.1 Å². The molecule has 120 valence electrons. The summed E-state index contributed by atoms with van der Waals surface area (Å²) in [5.41, 5.74) is -0.912. The number of aliphatic hydroxyl groups is 1. The standard InChI is InChI=1S/C14H18N2O5S/c1-14(2)13(18)11(15-6-4-3-5-9(15)17)12-8(21-14)7-10(22-12)16(19)20/h7,11,13,18H,3-6H2,1-2H3/t11-,13-/m1/s1. The molecular weight excluding hydrogens is 308 g/mol. The molecule has 22 heavy (non-hydrogen) atoms. The number of hydrogen-bond acceptors (Lipinski definition) is 6. The first-order valence-corrected chi connectivity index (χ1v) is 8.07. The van der Waals surface area contributed by atoms with E-state index in [1.807, 2.05) is 0 Å². The minimum Gasteiger partial charge on any atom is -0.484 e. The van der Waals surface area contributed by atoms with E-state index < -0.39 is 22.7 Å². The van der Waals surface area contributed by atoms with E-state index in [-0.39, 0.29) is 10.9 Å². The highest BCUT2D eigenvalue weighted by Crippen LogP contribution is 2.49. The maximum absolute atomic E-state index is 12.2. The molecule has 0 radical (unpaired) electrons. The molecule has 0 unspecified atom stereocenters. The average molecular weight is 326 g/mol. The molecule has 0 bridgehead atoms. The zero-order valence-electron chi connectivity index (χ0n) is 12.4. The van der Waals surface area contributed by atoms with Crippen molar-refractivity contribution in [1.82, 2.24) is 4.90 Å². The predicted molar refractivity (Wildman–Crippen MR) is 80.0 cm³/mol. The first kappa shape index (κ1) is 15.2. The Hall–Kier alpha value is -1.67. The van der Waals surface area contributed by atoms with Crippen molar-refractivity contribution < 1.29 is 19.6 Å². The molecular formula is C14H18N2O5S. The van der Waals surface area contributed by atoms with Crippen molar-refractivity contribution in [3.8, 4) is 5.75 Å². The second-order valence-corrected chi connectivity index (χ2v) is 7.27. The summed E-state index contributed by atoms with van der Waals surface area (Å²) in [6.45, 7) is 4.01. The van der Waals surface area contributed by atoms with E-state index in [0.717, 1.165) is 24.2 Å². The van der Waals surface area contributed by atoms with Gasteiger partial charge >= 0.3 is 5.00 Å². The van der Waals surface area contributed by atoms with E-state index in [2.05, 4.69) is 0 Å². The zero-order valence-corrected chi connectivity index (χ0v) is 13.3. The summed E-state index contributed by atoms with van der Waals surface area (Å²) < 4.78 is 5.74. The van der Waals surface area contributed by atoms with Gasteiger partial charge in [0.2, 0.25) is 5.91 Å². The number of piperidine rings is 1. The zero-order chi connectivity index (χ0) is 16.1. The highest BCUT2D eigenvalue weighted by atomic mass is 32.1. The fourth-order valence-electron chi connectivity index (χ4n) is 3.05. The molecule has 1 saturated heterocycles. The fraction of sp³-hybridized carbons (Fsp3) is 0.643. The number of rotatable bonds is 2. The van der Waals surface area contributed by atoms with Gasteiger partial charge in [-0.2, -0.15) is 0 Å². The van der Waals surface area contributed by atoms with Crippen molar-refractivity contribution in [2.24, 2.45) is 0 Å². The van der Waals surface area contributed by atoms with Crippen LogP contribution in [-0.4, -0.2) is 39.1 Å². The van der Waals surface area contributed by atoms with E-state index in [1.54, 1.807) is 18.7 Å². The van der Waals surface area contributed by atoms with E-state index in [1.165, 1.54) is 6.07 Å². The van der Waals surface area contributed by atoms with Gasteiger partial charge in [-0.1, -0.05) is 11.3 Å². The second kappa shape index (κ2) is 5.20. The lowest BCUT2D eigenvalue weighted by atomic mass is 9.88. The molecule has 3 heterocycles. The Bertz CT molecular complexity index is 627. The Morgan fingerprint density at radius 3 is 2.86 bits per heavy atom. The number of thiophene rings is 1. The third kappa shape index (κ3) is 2.36. The second-order valence-electron chi connectivity index (χ2n) is 6.21. The maximum atomic E-state index is 12.2. The molecule has 7 nitrogen and oxygen atoms in total. The molecule has 1 N–H and O–H groups in total. The molecule has 2 aliphatic rings. The topological polar surface area (TPSA) is 92.9 Å². The number of carbonyl (C=O) groups excluding carboxylic acids is 1. The molecule has 0 spiro atoms. The van der Waals surface area contributed by atoms with Crippen LogP contribution >= 0.6 is 11.3 Å². The van der Waals surface area contributed by atoms with E-state index in [9.17, 15) is 20.0 Å². The summed E-state index contributed by atoms with van der Waals surface area (Å²) in [7, 11) is 0. The van der Waals surface area contributed by atoms with Gasteiger partial charge in [-0.3, -0.25) is 14.9 Å². The molecule has 0 aliphatic carbocycles. The van der Waals surface area contributed by atoms with Gasteiger partial charge in [0.15, 0.2) is 0 Å². The lowest BCUT2D eigenvalue weighted by Crippen LogP contribution is -2.55. The van der Waals surface area contributed by atoms with Gasteiger partial charge in [0.1, 0.15) is 17.5 Å². The minimum atomic E-state index is -0.930. The Morgan fingerprint density at radius 1 is 1.50 bits per heavy atom. The summed E-state index contributed by atoms with van der Waals surface area (Å²) in [5.74, 6) is 0.380. The number of ether oxygens (including phenoxy) is 1. The van der Waals surface area contributed by atoms with Gasteiger partial charge in [0.05, 0.1) is 21.9 Å². The van der Waals surface area contributed by atoms with Gasteiger partial charge in [-0.05, 0) is 26.7 Å². The highest BCUT2D eigenvalue weighted by Gasteiger charge is 2.48. The number of nitro groups is 1. The minimum absolute atomic E-state index is 0.0185. The van der Waals surface area contributed by atoms with Crippen molar-refractivity contribution in [2.75, 3.05) is 6.54 Å². The first-order valence-electron chi connectivity index (χ1n) is 7.26. The summed E-state index contributed by atoms with van der Waals surface area (Å²) in [6.07, 6.45) is 1.24. The van der Waals surface area contributed by atoms with Crippen molar-refractivity contribution in [3.63, 3.8) is 0 Å². The lowest BCUT2D eigenvalue weighted by Gasteiger charge is -2.45. The number of likely N-dealkylation sites (tertiary alicyclic amines) is 1. The number of hydrogen-bond donors (Lipinski definition) is 1. The van der Waals surface area contributed by atoms with Gasteiger partial charge in [-0.15, -0.1) is 0 Å². The molecule has 2 atom stereocenters. The number of carbonyl (C=O) groups is 1. The number of aliphatic hydroxyl groups excluding tert-OH is 1. The SMILES string of the molecule is CC1(C)Oc2cc([N+](=O)[O-])sc2[C@@H](N2CCCCC2=O)[C@H]1O. The Balaban J connectivity index is 2.07. The van der Waals surface area contributed by atoms with Crippen LogP contribution in [0.2, 0.25) is 0 Å². The van der Waals surface area contributed by atoms with Crippen LogP contribution in [0.4, 0.5) is 5.00 Å². The van der Waals surface area contributed by atoms with Crippen molar-refractivity contribution in [1.29, 1.82) is 0 Å². The van der Waals surface area contributed by atoms with Gasteiger partial charge < -0.3 is 14.7 Å². The van der Waals surface area contributed by atoms with Crippen molar-refractivity contribution in [3.05, 3.63) is 21.1 Å². The molecule has 1 aromatic rings. The van der Waals surface area contributed by atoms with Crippen LogP contribution in [0.25, 0.3) is 0 Å². The fourth-order valence-corrected chi connectivity index (χ4v) is 4.10. The van der Waals surface area contributed by atoms with Gasteiger partial charge in [-0.25, -0.2) is 0 Å². The molecule has 2 aliphatic heterocycles. The third-order valence-corrected chi connectivity index (χ3v) is 5.38. The van der Waals surface area contributed by atoms with E-state index in [0.29, 0.717) is 23.6 Å². The largest absolute Gasteiger partial charge is 0.484 e. The summed E-state index contributed by atoms with van der Waals surface area (Å²) >= 11 is 0.974. The third-order valence-electron chi connectivity index (χ3n) is 4.24. The predicted octanol–water partition coefficient (Wildman–Crippen LogP) is 2.24. The monoisotopic (exact) mass is 326 g/mol. The van der Waals surface area contributed by atoms with Gasteiger partial charge in [0, 0.05) is 13.0 Å². The van der Waals surface area contributed by atoms with Crippen LogP contribution < -0.4 is 4.74 Å². The van der Waals surface area contributed by atoms with Crippen LogP contribution in [-0.2, 0) is 4.79 Å². The molecule has 1 fully saturated rings. The van der Waals surface area contributed by atoms with Crippen LogP contribution in [0.5, 0.6) is 5.75 Å². The van der Waals surface area contributed by atoms with E-state index in [4.69, 9.17) is 4.74 Å². The molecule has 0 aromatic carbocycles. The molecule has 8 heteroatoms. The summed E-state index contributed by atoms with van der Waals surface area (Å²) in [6, 6.07) is 0.806. The lowest BCUT2D eigenvalue weighted by molar-refractivity contribution is -0.380. The van der Waals surface area contributed by atoms with E-state index >= 15 is 0 Å². The van der Waals surface area contributed by atoms with Crippen LogP contribution in [0.3, 0.4) is 0 Å². The molecule has 3 rings (SSSR count). The Kier molecular flexibility index (Phi) is 3.60. The number of nitrogens with zero attached hydrogens (tertiary/aromatic N) is 2. The van der Waals surface area contributed by atoms with Crippen LogP contribution in [0.1, 0.15) is 44.0 Å². The maximum Gasteiger partial charge on any atom is 0.328 e. The number of fused-ring (bicyclic) bond motifs is 1. The Labute approximate surface area is 131 Å². The summed E-state index contributed by atoms with van der Waals surface area (Å²) in [4.78, 5) is 25.0. The van der Waals surface area contributed by atoms with Crippen molar-refractivity contribution in [2.45, 2.75) is 50.9 Å².